The van der Waals surface area contributed by atoms with Gasteiger partial charge < -0.3 is 4.42 Å². The molecule has 13 rings (SSSR count). The molecule has 0 aliphatic heterocycles. The average Bonchev–Trinajstić information content (AvgIpc) is 3.94. The van der Waals surface area contributed by atoms with Crippen LogP contribution in [0, 0.1) is 0 Å². The fourth-order valence-corrected chi connectivity index (χ4v) is 10.1. The first-order valence-corrected chi connectivity index (χ1v) is 19.5. The summed E-state index contributed by atoms with van der Waals surface area (Å²) in [7, 11) is 0. The number of nitrogens with zero attached hydrogens (tertiary/aromatic N) is 6. The Morgan fingerprint density at radius 2 is 0.862 bits per heavy atom. The third kappa shape index (κ3) is 3.91. The van der Waals surface area contributed by atoms with Crippen molar-refractivity contribution in [3.63, 3.8) is 0 Å². The number of furan rings is 1. The minimum atomic E-state index is -0.773. The Morgan fingerprint density at radius 3 is 1.45 bits per heavy atom. The van der Waals surface area contributed by atoms with E-state index in [1.807, 2.05) is 12.1 Å². The van der Waals surface area contributed by atoms with Gasteiger partial charge in [0.2, 0.25) is 11.9 Å². The smallest absolute Gasteiger partial charge is 0.234 e. The molecule has 58 heavy (non-hydrogen) atoms. The number of hydrogen-bond acceptors (Lipinski definition) is 5. The van der Waals surface area contributed by atoms with Crippen molar-refractivity contribution in [3.05, 3.63) is 205 Å². The zero-order chi connectivity index (χ0) is 38.0. The maximum atomic E-state index is 7.62. The molecule has 0 saturated carbocycles. The van der Waals surface area contributed by atoms with E-state index in [0.717, 1.165) is 93.4 Å². The molecule has 0 radical (unpaired) electrons. The van der Waals surface area contributed by atoms with Gasteiger partial charge in [-0.3, -0.25) is 9.13 Å². The second-order valence-electron chi connectivity index (χ2n) is 15.0. The van der Waals surface area contributed by atoms with Crippen LogP contribution >= 0.6 is 0 Å². The third-order valence-electron chi connectivity index (χ3n) is 12.2. The molecule has 0 unspecified atom stereocenters. The second-order valence-corrected chi connectivity index (χ2v) is 15.0. The lowest BCUT2D eigenvalue weighted by molar-refractivity contribution is 0.675. The van der Waals surface area contributed by atoms with Gasteiger partial charge in [0.1, 0.15) is 11.2 Å². The fraction of sp³-hybridized carbons (Fsp3) is 0.0196. The van der Waals surface area contributed by atoms with Gasteiger partial charge >= 0.3 is 0 Å². The summed E-state index contributed by atoms with van der Waals surface area (Å²) in [5, 5.41) is 6.37. The van der Waals surface area contributed by atoms with Crippen LogP contribution in [-0.2, 0) is 5.41 Å². The van der Waals surface area contributed by atoms with Gasteiger partial charge in [-0.05, 0) is 69.8 Å². The number of hydrogen-bond donors (Lipinski definition) is 0. The lowest BCUT2D eigenvalue weighted by atomic mass is 9.63. The first kappa shape index (κ1) is 31.3. The molecule has 0 fully saturated rings. The van der Waals surface area contributed by atoms with Gasteiger partial charge in [0.15, 0.2) is 0 Å². The molecule has 1 aliphatic carbocycles. The molecule has 7 nitrogen and oxygen atoms in total. The zero-order valence-electron chi connectivity index (χ0n) is 30.9. The van der Waals surface area contributed by atoms with Crippen molar-refractivity contribution in [2.24, 2.45) is 0 Å². The van der Waals surface area contributed by atoms with Gasteiger partial charge in [0.25, 0.3) is 0 Å². The molecule has 0 atom stereocenters. The molecule has 0 N–H and O–H groups in total. The summed E-state index contributed by atoms with van der Waals surface area (Å²) >= 11 is 0. The number of para-hydroxylation sites is 2. The van der Waals surface area contributed by atoms with Gasteiger partial charge in [-0.15, -0.1) is 0 Å². The largest absolute Gasteiger partial charge is 0.455 e. The van der Waals surface area contributed by atoms with E-state index >= 15 is 0 Å². The lowest BCUT2D eigenvalue weighted by Crippen LogP contribution is -2.31. The summed E-state index contributed by atoms with van der Waals surface area (Å²) < 4.78 is 12.0. The third-order valence-corrected chi connectivity index (χ3v) is 12.2. The quantitative estimate of drug-likeness (QED) is 0.179. The number of rotatable bonds is 4. The van der Waals surface area contributed by atoms with Crippen LogP contribution in [0.5, 0.6) is 0 Å². The van der Waals surface area contributed by atoms with E-state index in [4.69, 9.17) is 24.4 Å². The summed E-state index contributed by atoms with van der Waals surface area (Å²) in [6.45, 7) is 0. The summed E-state index contributed by atoms with van der Waals surface area (Å²) in [6.07, 6.45) is 7.22. The lowest BCUT2D eigenvalue weighted by Gasteiger charge is -2.37. The minimum absolute atomic E-state index is 0.601. The van der Waals surface area contributed by atoms with Crippen LogP contribution in [0.15, 0.2) is 187 Å². The minimum Gasteiger partial charge on any atom is -0.455 e. The zero-order valence-corrected chi connectivity index (χ0v) is 30.9. The fourth-order valence-electron chi connectivity index (χ4n) is 10.1. The highest BCUT2D eigenvalue weighted by molar-refractivity contribution is 6.33. The van der Waals surface area contributed by atoms with E-state index in [9.17, 15) is 0 Å². The monoisotopic (exact) mass is 742 g/mol. The van der Waals surface area contributed by atoms with E-state index in [2.05, 4.69) is 155 Å². The predicted octanol–water partition coefficient (Wildman–Crippen LogP) is 11.7. The van der Waals surface area contributed by atoms with Crippen molar-refractivity contribution >= 4 is 65.6 Å². The number of aromatic nitrogens is 6. The summed E-state index contributed by atoms with van der Waals surface area (Å²) in [5.41, 5.74) is 11.7. The summed E-state index contributed by atoms with van der Waals surface area (Å²) in [4.78, 5) is 19.2. The average molecular weight is 743 g/mol. The van der Waals surface area contributed by atoms with E-state index in [1.54, 1.807) is 24.8 Å². The molecule has 0 spiro atoms. The van der Waals surface area contributed by atoms with Crippen molar-refractivity contribution in [1.82, 2.24) is 29.1 Å². The summed E-state index contributed by atoms with van der Waals surface area (Å²) in [5.74, 6) is 1.21. The van der Waals surface area contributed by atoms with Crippen molar-refractivity contribution < 1.29 is 4.42 Å². The Hall–Kier alpha value is -7.90. The van der Waals surface area contributed by atoms with E-state index in [0.29, 0.717) is 11.9 Å². The van der Waals surface area contributed by atoms with Crippen molar-refractivity contribution in [1.29, 1.82) is 0 Å². The highest BCUT2D eigenvalue weighted by Crippen LogP contribution is 2.58. The Kier molecular flexibility index (Phi) is 6.25. The van der Waals surface area contributed by atoms with Gasteiger partial charge in [-0.2, -0.15) is 0 Å². The Bertz CT molecular complexity index is 3570. The Balaban J connectivity index is 1.36. The molecule has 12 aromatic rings. The molecule has 1 aliphatic rings. The normalized spacial score (nSPS) is 13.3. The Labute approximate surface area is 331 Å². The van der Waals surface area contributed by atoms with Crippen LogP contribution in [-0.4, -0.2) is 29.1 Å². The molecule has 0 saturated heterocycles. The maximum Gasteiger partial charge on any atom is 0.234 e. The number of fused-ring (bicyclic) bond motifs is 10. The van der Waals surface area contributed by atoms with Crippen LogP contribution in [0.1, 0.15) is 22.3 Å². The molecule has 0 amide bonds. The van der Waals surface area contributed by atoms with Gasteiger partial charge in [-0.1, -0.05) is 121 Å². The standard InChI is InChI=1S/C51H30N6O/c1-3-15-31(16-4-1)51(32-17-5-2-6-18-32)37-22-10-7-19-33(37)36-29-41-43(34-20-8-11-23-39(34)56(41)49-52-25-13-26-53-49)47-45(36)46-38(51)30-42-44(48(46)58-47)35-21-9-12-24-40(35)57(42)50-54-27-14-28-55-50/h1-30H. The molecule has 7 aromatic carbocycles. The molecule has 5 heterocycles. The first-order chi connectivity index (χ1) is 28.8. The van der Waals surface area contributed by atoms with Crippen LogP contribution in [0.3, 0.4) is 0 Å². The highest BCUT2D eigenvalue weighted by atomic mass is 16.3. The van der Waals surface area contributed by atoms with Crippen LogP contribution < -0.4 is 0 Å². The molecule has 0 bridgehead atoms. The van der Waals surface area contributed by atoms with Gasteiger partial charge in [0.05, 0.1) is 38.3 Å². The second kappa shape index (κ2) is 11.6. The molecule has 5 aromatic heterocycles. The molecule has 270 valence electrons. The van der Waals surface area contributed by atoms with Crippen LogP contribution in [0.25, 0.3) is 88.6 Å². The molecule has 7 heteroatoms. The number of benzene rings is 7. The maximum absolute atomic E-state index is 7.62. The van der Waals surface area contributed by atoms with Crippen LogP contribution in [0.2, 0.25) is 0 Å². The SMILES string of the molecule is c1ccc(C2(c3ccccc3)c3ccccc3-c3cc4c(c5ccccc5n4-c4ncccn4)c4oc5c(c2cc2c5c5ccccc5n2-c2ncccn2)c34)cc1. The highest BCUT2D eigenvalue weighted by Gasteiger charge is 2.45. The predicted molar refractivity (Wildman–Crippen MR) is 231 cm³/mol. The van der Waals surface area contributed by atoms with Gasteiger partial charge in [-0.25, -0.2) is 19.9 Å². The summed E-state index contributed by atoms with van der Waals surface area (Å²) in [6, 6.07) is 56.3. The molecular formula is C51H30N6O. The first-order valence-electron chi connectivity index (χ1n) is 19.5. The van der Waals surface area contributed by atoms with Crippen molar-refractivity contribution in [2.75, 3.05) is 0 Å². The van der Waals surface area contributed by atoms with E-state index in [1.165, 1.54) is 5.56 Å². The van der Waals surface area contributed by atoms with Crippen molar-refractivity contribution in [2.45, 2.75) is 5.41 Å². The van der Waals surface area contributed by atoms with Gasteiger partial charge in [0, 0.05) is 46.3 Å². The topological polar surface area (TPSA) is 74.6 Å². The van der Waals surface area contributed by atoms with Crippen molar-refractivity contribution in [3.8, 4) is 23.0 Å². The van der Waals surface area contributed by atoms with E-state index in [-0.39, 0.29) is 0 Å². The van der Waals surface area contributed by atoms with E-state index < -0.39 is 5.41 Å². The van der Waals surface area contributed by atoms with Crippen LogP contribution in [0.4, 0.5) is 0 Å². The molecular weight excluding hydrogens is 713 g/mol. The Morgan fingerprint density at radius 1 is 0.379 bits per heavy atom.